The van der Waals surface area contributed by atoms with E-state index in [9.17, 15) is 0 Å². The van der Waals surface area contributed by atoms with E-state index in [0.717, 1.165) is 18.7 Å². The van der Waals surface area contributed by atoms with Crippen LogP contribution in [0, 0.1) is 0 Å². The van der Waals surface area contributed by atoms with E-state index in [1.165, 1.54) is 32.7 Å². The SMILES string of the molecule is C.C=C/C=C(\C=C/C)C(c1ccc(OCCN(C)C)cc1)N(c1ccccc1)C(C)(C)CC(C)(C)[P+](c1ccccc1)(c1ccccc1)c1ccccc1. The lowest BCUT2D eigenvalue weighted by Gasteiger charge is -2.51. The molecule has 0 aromatic heterocycles. The summed E-state index contributed by atoms with van der Waals surface area (Å²) in [7, 11) is 1.88. The largest absolute Gasteiger partial charge is 0.492 e. The standard InChI is InChI=1S/C49H58N2OP.CH4/c1-9-23-40(24-10-2)47(41-33-35-43(36-34-41)52-38-37-50(7)8)51(42-25-15-11-16-26-42)48(3,4)39-49(5,6)53(44-27-17-12-18-28-44,45-29-19-13-20-30-45)46-31-21-14-22-32-46;/h9-36,47H,1,37-39H2,2-8H3;1H4/q+1;/b24-10-,40-23+;. The molecule has 0 N–H and O–H groups in total. The van der Waals surface area contributed by atoms with Gasteiger partial charge in [0.25, 0.3) is 0 Å². The highest BCUT2D eigenvalue weighted by Gasteiger charge is 2.59. The number of hydrogen-bond donors (Lipinski definition) is 0. The van der Waals surface area contributed by atoms with Crippen LogP contribution in [-0.4, -0.2) is 42.8 Å². The fourth-order valence-corrected chi connectivity index (χ4v) is 13.8. The molecule has 1 atom stereocenters. The van der Waals surface area contributed by atoms with Gasteiger partial charge in [-0.3, -0.25) is 0 Å². The first-order valence-corrected chi connectivity index (χ1v) is 20.6. The van der Waals surface area contributed by atoms with E-state index in [0.29, 0.717) is 6.61 Å². The first kappa shape index (κ1) is 42.1. The lowest BCUT2D eigenvalue weighted by molar-refractivity contribution is 0.261. The van der Waals surface area contributed by atoms with Gasteiger partial charge in [-0.2, -0.15) is 0 Å². The Morgan fingerprint density at radius 2 is 1.17 bits per heavy atom. The summed E-state index contributed by atoms with van der Waals surface area (Å²) in [4.78, 5) is 4.79. The van der Waals surface area contributed by atoms with Gasteiger partial charge in [-0.1, -0.05) is 123 Å². The molecular weight excluding hydrogens is 676 g/mol. The Morgan fingerprint density at radius 3 is 1.59 bits per heavy atom. The van der Waals surface area contributed by atoms with Crippen LogP contribution in [0.15, 0.2) is 182 Å². The molecule has 5 aromatic rings. The molecule has 0 radical (unpaired) electrons. The van der Waals surface area contributed by atoms with Gasteiger partial charge in [-0.05, 0) is 121 Å². The Balaban J connectivity index is 0.00000650. The summed E-state index contributed by atoms with van der Waals surface area (Å²) in [6.07, 6.45) is 9.36. The summed E-state index contributed by atoms with van der Waals surface area (Å²) in [5, 5.41) is 4.00. The van der Waals surface area contributed by atoms with E-state index in [1.807, 2.05) is 6.08 Å². The molecule has 1 unspecified atom stereocenters. The number of hydrogen-bond acceptors (Lipinski definition) is 3. The number of rotatable bonds is 17. The molecule has 0 bridgehead atoms. The summed E-state index contributed by atoms with van der Waals surface area (Å²) in [6, 6.07) is 53.4. The Kier molecular flexibility index (Phi) is 14.8. The van der Waals surface area contributed by atoms with E-state index in [-0.39, 0.29) is 24.2 Å². The molecular formula is C50H62N2OP+. The molecule has 0 heterocycles. The van der Waals surface area contributed by atoms with Gasteiger partial charge in [0, 0.05) is 24.2 Å². The maximum absolute atomic E-state index is 6.15. The highest BCUT2D eigenvalue weighted by molar-refractivity contribution is 7.96. The third-order valence-electron chi connectivity index (χ3n) is 10.1. The summed E-state index contributed by atoms with van der Waals surface area (Å²) in [5.41, 5.74) is 3.20. The van der Waals surface area contributed by atoms with Gasteiger partial charge in [0.1, 0.15) is 35.5 Å². The second kappa shape index (κ2) is 19.1. The van der Waals surface area contributed by atoms with Crippen molar-refractivity contribution in [3.8, 4) is 5.75 Å². The number of nitrogens with zero attached hydrogens (tertiary/aromatic N) is 2. The molecule has 0 amide bonds. The van der Waals surface area contributed by atoms with Crippen LogP contribution in [0.3, 0.4) is 0 Å². The van der Waals surface area contributed by atoms with Gasteiger partial charge in [0.2, 0.25) is 0 Å². The van der Waals surface area contributed by atoms with E-state index < -0.39 is 7.26 Å². The average molecular weight is 738 g/mol. The Labute approximate surface area is 328 Å². The molecule has 54 heavy (non-hydrogen) atoms. The summed E-state index contributed by atoms with van der Waals surface area (Å²) >= 11 is 0. The third-order valence-corrected chi connectivity index (χ3v) is 15.3. The molecule has 0 saturated carbocycles. The van der Waals surface area contributed by atoms with E-state index in [2.05, 4.69) is 229 Å². The predicted octanol–water partition coefficient (Wildman–Crippen LogP) is 11.4. The number of likely N-dealkylation sites (N-methyl/N-ethyl adjacent to an activating group) is 1. The van der Waals surface area contributed by atoms with Crippen molar-refractivity contribution in [1.82, 2.24) is 4.90 Å². The summed E-state index contributed by atoms with van der Waals surface area (Å²) in [5.74, 6) is 0.879. The number of allylic oxidation sites excluding steroid dienone is 3. The van der Waals surface area contributed by atoms with Crippen molar-refractivity contribution in [3.05, 3.63) is 188 Å². The molecule has 0 aliphatic carbocycles. The van der Waals surface area contributed by atoms with Gasteiger partial charge >= 0.3 is 0 Å². The lowest BCUT2D eigenvalue weighted by Crippen LogP contribution is -2.54. The van der Waals surface area contributed by atoms with Crippen LogP contribution in [0.25, 0.3) is 0 Å². The zero-order valence-electron chi connectivity index (χ0n) is 32.8. The van der Waals surface area contributed by atoms with E-state index in [4.69, 9.17) is 4.74 Å². The van der Waals surface area contributed by atoms with E-state index in [1.54, 1.807) is 0 Å². The lowest BCUT2D eigenvalue weighted by atomic mass is 9.84. The summed E-state index contributed by atoms with van der Waals surface area (Å²) in [6.45, 7) is 17.7. The quantitative estimate of drug-likeness (QED) is 0.0698. The third kappa shape index (κ3) is 9.33. The van der Waals surface area contributed by atoms with Gasteiger partial charge in [0.15, 0.2) is 0 Å². The zero-order chi connectivity index (χ0) is 37.9. The van der Waals surface area contributed by atoms with Crippen LogP contribution in [0.4, 0.5) is 5.69 Å². The van der Waals surface area contributed by atoms with Gasteiger partial charge in [-0.25, -0.2) is 0 Å². The zero-order valence-corrected chi connectivity index (χ0v) is 33.7. The molecule has 282 valence electrons. The molecule has 4 heteroatoms. The first-order chi connectivity index (χ1) is 25.5. The van der Waals surface area contributed by atoms with Gasteiger partial charge in [-0.15, -0.1) is 0 Å². The van der Waals surface area contributed by atoms with Crippen molar-refractivity contribution < 1.29 is 4.74 Å². The summed E-state index contributed by atoms with van der Waals surface area (Å²) < 4.78 is 6.15. The highest BCUT2D eigenvalue weighted by atomic mass is 31.2. The molecule has 0 aliphatic heterocycles. The number of ether oxygens (including phenoxy) is 1. The molecule has 0 aliphatic rings. The van der Waals surface area contributed by atoms with Crippen LogP contribution in [0.2, 0.25) is 0 Å². The van der Waals surface area contributed by atoms with Crippen molar-refractivity contribution in [2.24, 2.45) is 0 Å². The van der Waals surface area contributed by atoms with Gasteiger partial charge in [0.05, 0.1) is 11.2 Å². The van der Waals surface area contributed by atoms with Gasteiger partial charge < -0.3 is 14.5 Å². The monoisotopic (exact) mass is 737 g/mol. The topological polar surface area (TPSA) is 15.7 Å². The second-order valence-electron chi connectivity index (χ2n) is 15.2. The van der Waals surface area contributed by atoms with Crippen molar-refractivity contribution in [2.45, 2.75) is 65.2 Å². The maximum Gasteiger partial charge on any atom is 0.119 e. The minimum atomic E-state index is -2.25. The smallest absolute Gasteiger partial charge is 0.119 e. The van der Waals surface area contributed by atoms with Crippen LogP contribution in [-0.2, 0) is 0 Å². The fourth-order valence-electron chi connectivity index (χ4n) is 8.30. The molecule has 0 fully saturated rings. The molecule has 5 aromatic carbocycles. The molecule has 0 saturated heterocycles. The van der Waals surface area contributed by atoms with Crippen LogP contribution in [0.5, 0.6) is 5.75 Å². The number of benzene rings is 5. The van der Waals surface area contributed by atoms with Crippen molar-refractivity contribution >= 4 is 28.9 Å². The number of anilines is 1. The van der Waals surface area contributed by atoms with Crippen molar-refractivity contribution in [1.29, 1.82) is 0 Å². The normalized spacial score (nSPS) is 13.0. The van der Waals surface area contributed by atoms with E-state index >= 15 is 0 Å². The van der Waals surface area contributed by atoms with Crippen molar-refractivity contribution in [2.75, 3.05) is 32.1 Å². The van der Waals surface area contributed by atoms with Crippen LogP contribution in [0.1, 0.15) is 60.1 Å². The highest BCUT2D eigenvalue weighted by Crippen LogP contribution is 2.68. The Bertz CT molecular complexity index is 1820. The average Bonchev–Trinajstić information content (AvgIpc) is 3.15. The molecule has 0 spiro atoms. The minimum absolute atomic E-state index is 0. The molecule has 3 nitrogen and oxygen atoms in total. The minimum Gasteiger partial charge on any atom is -0.492 e. The van der Waals surface area contributed by atoms with Crippen molar-refractivity contribution in [3.63, 3.8) is 0 Å². The van der Waals surface area contributed by atoms with Crippen LogP contribution >= 0.6 is 7.26 Å². The second-order valence-corrected chi connectivity index (χ2v) is 19.3. The predicted molar refractivity (Wildman–Crippen MR) is 240 cm³/mol. The molecule has 5 rings (SSSR count). The van der Waals surface area contributed by atoms with Crippen LogP contribution < -0.4 is 25.6 Å². The first-order valence-electron chi connectivity index (χ1n) is 18.8. The fraction of sp³-hybridized carbons (Fsp3) is 0.280. The maximum atomic E-state index is 6.15. The Hall–Kier alpha value is -4.69. The number of para-hydroxylation sites is 1. The Morgan fingerprint density at radius 1 is 0.704 bits per heavy atom.